The monoisotopic (exact) mass is 496 g/mol. The van der Waals surface area contributed by atoms with Crippen LogP contribution < -0.4 is 5.73 Å². The van der Waals surface area contributed by atoms with Gasteiger partial charge in [0, 0.05) is 17.7 Å². The molecule has 1 aliphatic carbocycles. The molecule has 166 valence electrons. The van der Waals surface area contributed by atoms with Crippen molar-refractivity contribution in [2.24, 2.45) is 10.9 Å². The Morgan fingerprint density at radius 3 is 2.75 bits per heavy atom. The molecule has 0 radical (unpaired) electrons. The predicted octanol–water partition coefficient (Wildman–Crippen LogP) is 4.91. The maximum Gasteiger partial charge on any atom is 0.306 e. The molecule has 0 spiro atoms. The Morgan fingerprint density at radius 1 is 1.38 bits per heavy atom. The van der Waals surface area contributed by atoms with Gasteiger partial charge in [-0.2, -0.15) is 9.61 Å². The number of aromatic amines is 1. The number of carbonyl (C=O) groups is 1. The molecule has 3 aromatic heterocycles. The molecule has 0 aromatic carbocycles. The molecule has 1 aliphatic rings. The number of fused-ring (bicyclic) bond motifs is 1. The summed E-state index contributed by atoms with van der Waals surface area (Å²) in [5.41, 5.74) is 11.4. The fourth-order valence-corrected chi connectivity index (χ4v) is 4.77. The maximum absolute atomic E-state index is 11.3. The highest BCUT2D eigenvalue weighted by atomic mass is 79.9. The van der Waals surface area contributed by atoms with Gasteiger partial charge in [-0.1, -0.05) is 6.08 Å². The topological polar surface area (TPSA) is 122 Å². The number of anilines is 1. The summed E-state index contributed by atoms with van der Waals surface area (Å²) in [6, 6.07) is 3.84. The van der Waals surface area contributed by atoms with Crippen LogP contribution >= 0.6 is 15.9 Å². The molecular formula is C23H25BrN6O2. The summed E-state index contributed by atoms with van der Waals surface area (Å²) >= 11 is 3.60. The molecule has 0 bridgehead atoms. The molecule has 3 heterocycles. The zero-order valence-corrected chi connectivity index (χ0v) is 19.3. The van der Waals surface area contributed by atoms with Gasteiger partial charge in [-0.25, -0.2) is 4.98 Å². The molecule has 1 saturated carbocycles. The van der Waals surface area contributed by atoms with Crippen molar-refractivity contribution >= 4 is 51.4 Å². The first-order valence-electron chi connectivity index (χ1n) is 10.5. The van der Waals surface area contributed by atoms with E-state index in [1.54, 1.807) is 10.7 Å². The molecule has 0 unspecified atom stereocenters. The molecular weight excluding hydrogens is 472 g/mol. The van der Waals surface area contributed by atoms with Gasteiger partial charge in [0.2, 0.25) is 0 Å². The van der Waals surface area contributed by atoms with Crippen LogP contribution in [0.5, 0.6) is 0 Å². The van der Waals surface area contributed by atoms with Crippen LogP contribution in [0.25, 0.3) is 16.9 Å². The number of carboxylic acid groups (broad SMARTS) is 1. The van der Waals surface area contributed by atoms with Gasteiger partial charge in [-0.3, -0.25) is 9.79 Å². The molecule has 3 aromatic rings. The summed E-state index contributed by atoms with van der Waals surface area (Å²) in [6.45, 7) is 5.64. The van der Waals surface area contributed by atoms with Crippen molar-refractivity contribution in [1.82, 2.24) is 19.6 Å². The number of halogens is 1. The average molecular weight is 497 g/mol. The Balaban J connectivity index is 1.69. The van der Waals surface area contributed by atoms with Crippen LogP contribution in [0.1, 0.15) is 55.5 Å². The number of aliphatic carboxylic acids is 1. The molecule has 1 fully saturated rings. The van der Waals surface area contributed by atoms with E-state index in [1.807, 2.05) is 37.4 Å². The van der Waals surface area contributed by atoms with Crippen molar-refractivity contribution in [2.75, 3.05) is 5.73 Å². The van der Waals surface area contributed by atoms with E-state index in [4.69, 9.17) is 10.7 Å². The highest BCUT2D eigenvalue weighted by Crippen LogP contribution is 2.40. The molecule has 0 atom stereocenters. The van der Waals surface area contributed by atoms with Gasteiger partial charge >= 0.3 is 5.97 Å². The lowest BCUT2D eigenvalue weighted by molar-refractivity contribution is -0.142. The number of aromatic nitrogens is 4. The van der Waals surface area contributed by atoms with E-state index in [9.17, 15) is 9.90 Å². The summed E-state index contributed by atoms with van der Waals surface area (Å²) in [5, 5.41) is 13.7. The van der Waals surface area contributed by atoms with Gasteiger partial charge in [-0.05, 0) is 79.0 Å². The highest BCUT2D eigenvalue weighted by molar-refractivity contribution is 9.10. The fourth-order valence-electron chi connectivity index (χ4n) is 4.19. The van der Waals surface area contributed by atoms with E-state index >= 15 is 0 Å². The van der Waals surface area contributed by atoms with Crippen molar-refractivity contribution in [3.63, 3.8) is 0 Å². The Hall–Kier alpha value is -3.20. The zero-order chi connectivity index (χ0) is 22.8. The first-order chi connectivity index (χ1) is 15.4. The first-order valence-corrected chi connectivity index (χ1v) is 11.2. The number of nitrogens with two attached hydrogens (primary N) is 1. The molecule has 0 amide bonds. The summed E-state index contributed by atoms with van der Waals surface area (Å²) in [6.07, 6.45) is 10.3. The van der Waals surface area contributed by atoms with Crippen molar-refractivity contribution in [1.29, 1.82) is 0 Å². The second-order valence-electron chi connectivity index (χ2n) is 8.02. The quantitative estimate of drug-likeness (QED) is 0.330. The summed E-state index contributed by atoms with van der Waals surface area (Å²) in [5.74, 6) is -0.352. The Labute approximate surface area is 194 Å². The van der Waals surface area contributed by atoms with E-state index in [2.05, 4.69) is 37.7 Å². The Bertz CT molecular complexity index is 1220. The molecule has 0 aliphatic heterocycles. The highest BCUT2D eigenvalue weighted by Gasteiger charge is 2.30. The van der Waals surface area contributed by atoms with Gasteiger partial charge in [0.1, 0.15) is 5.82 Å². The molecule has 32 heavy (non-hydrogen) atoms. The van der Waals surface area contributed by atoms with Crippen molar-refractivity contribution < 1.29 is 9.90 Å². The minimum Gasteiger partial charge on any atom is -0.481 e. The zero-order valence-electron chi connectivity index (χ0n) is 17.8. The number of nitrogen functional groups attached to an aromatic ring is 1. The lowest BCUT2D eigenvalue weighted by Gasteiger charge is -2.26. The van der Waals surface area contributed by atoms with Crippen molar-refractivity contribution in [3.8, 4) is 0 Å². The fraction of sp³-hybridized carbons (Fsp3) is 0.304. The number of rotatable bonds is 6. The van der Waals surface area contributed by atoms with Crippen LogP contribution in [0, 0.1) is 5.92 Å². The van der Waals surface area contributed by atoms with Crippen LogP contribution in [-0.4, -0.2) is 37.4 Å². The number of carboxylic acids is 1. The van der Waals surface area contributed by atoms with Gasteiger partial charge in [0.15, 0.2) is 5.65 Å². The lowest BCUT2D eigenvalue weighted by Crippen LogP contribution is -2.21. The van der Waals surface area contributed by atoms with Crippen LogP contribution in [0.15, 0.2) is 46.1 Å². The normalized spacial score (nSPS) is 19.9. The molecule has 8 nitrogen and oxygen atoms in total. The van der Waals surface area contributed by atoms with E-state index in [-0.39, 0.29) is 11.8 Å². The SMILES string of the molecule is C=N/C(=C\C=C(/C)c1cnn2c(N)c(Br)c(C3CCC(C(=O)O)CC3)nc12)c1ccc[nH]1. The van der Waals surface area contributed by atoms with Crippen molar-refractivity contribution in [3.05, 3.63) is 58.1 Å². The second kappa shape index (κ2) is 9.12. The largest absolute Gasteiger partial charge is 0.481 e. The Kier molecular flexibility index (Phi) is 6.27. The number of hydrogen-bond donors (Lipinski definition) is 3. The summed E-state index contributed by atoms with van der Waals surface area (Å²) < 4.78 is 2.36. The summed E-state index contributed by atoms with van der Waals surface area (Å²) in [4.78, 5) is 23.5. The number of nitrogens with one attached hydrogen (secondary N) is 1. The first kappa shape index (κ1) is 22.0. The number of aliphatic imine (C=N–C) groups is 1. The van der Waals surface area contributed by atoms with Gasteiger partial charge in [0.25, 0.3) is 0 Å². The minimum atomic E-state index is -0.718. The van der Waals surface area contributed by atoms with E-state index in [1.165, 1.54) is 0 Å². The lowest BCUT2D eigenvalue weighted by atomic mass is 9.80. The maximum atomic E-state index is 11.3. The van der Waals surface area contributed by atoms with Crippen molar-refractivity contribution in [2.45, 2.75) is 38.5 Å². The third-order valence-electron chi connectivity index (χ3n) is 6.07. The third kappa shape index (κ3) is 4.12. The number of hydrogen-bond acceptors (Lipinski definition) is 5. The predicted molar refractivity (Wildman–Crippen MR) is 129 cm³/mol. The number of allylic oxidation sites excluding steroid dienone is 3. The average Bonchev–Trinajstić information content (AvgIpc) is 3.47. The van der Waals surface area contributed by atoms with E-state index < -0.39 is 5.97 Å². The van der Waals surface area contributed by atoms with Gasteiger partial charge in [-0.15, -0.1) is 0 Å². The third-order valence-corrected chi connectivity index (χ3v) is 6.88. The number of H-pyrrole nitrogens is 1. The van der Waals surface area contributed by atoms with E-state index in [0.29, 0.717) is 24.3 Å². The smallest absolute Gasteiger partial charge is 0.306 e. The van der Waals surface area contributed by atoms with Gasteiger partial charge < -0.3 is 15.8 Å². The van der Waals surface area contributed by atoms with Crippen LogP contribution in [0.2, 0.25) is 0 Å². The number of nitrogens with zero attached hydrogens (tertiary/aromatic N) is 4. The van der Waals surface area contributed by atoms with Crippen LogP contribution in [0.3, 0.4) is 0 Å². The van der Waals surface area contributed by atoms with E-state index in [0.717, 1.165) is 45.5 Å². The minimum absolute atomic E-state index is 0.156. The van der Waals surface area contributed by atoms with Gasteiger partial charge in [0.05, 0.1) is 33.7 Å². The second-order valence-corrected chi connectivity index (χ2v) is 8.81. The Morgan fingerprint density at radius 2 is 2.12 bits per heavy atom. The molecule has 9 heteroatoms. The summed E-state index contributed by atoms with van der Waals surface area (Å²) in [7, 11) is 0. The molecule has 0 saturated heterocycles. The molecule has 4 N–H and O–H groups in total. The van der Waals surface area contributed by atoms with Crippen LogP contribution in [-0.2, 0) is 4.79 Å². The van der Waals surface area contributed by atoms with Crippen LogP contribution in [0.4, 0.5) is 5.82 Å². The standard InChI is InChI=1S/C23H25BrN6O2/c1-13(5-10-17(26-2)18-4-3-11-27-18)16-12-28-30-21(25)19(24)20(29-22(16)30)14-6-8-15(9-7-14)23(31)32/h3-5,10-12,14-15,27H,2,6-9,25H2,1H3,(H,31,32)/b13-5+,17-10-. The molecule has 4 rings (SSSR count).